The summed E-state index contributed by atoms with van der Waals surface area (Å²) in [7, 11) is 0. The summed E-state index contributed by atoms with van der Waals surface area (Å²) in [6.45, 7) is 0.933. The van der Waals surface area contributed by atoms with Crippen LogP contribution < -0.4 is 10.6 Å². The fourth-order valence-corrected chi connectivity index (χ4v) is 2.54. The first-order valence-corrected chi connectivity index (χ1v) is 7.03. The van der Waals surface area contributed by atoms with Gasteiger partial charge in [-0.2, -0.15) is 0 Å². The van der Waals surface area contributed by atoms with Crippen LogP contribution in [0.1, 0.15) is 12.8 Å². The molecule has 20 heavy (non-hydrogen) atoms. The molecule has 0 radical (unpaired) electrons. The van der Waals surface area contributed by atoms with Crippen LogP contribution in [0.4, 0.5) is 5.69 Å². The molecule has 2 aromatic carbocycles. The van der Waals surface area contributed by atoms with Gasteiger partial charge in [-0.1, -0.05) is 42.5 Å². The lowest BCUT2D eigenvalue weighted by Gasteiger charge is -2.12. The van der Waals surface area contributed by atoms with Gasteiger partial charge in [-0.15, -0.1) is 0 Å². The molecule has 1 unspecified atom stereocenters. The van der Waals surface area contributed by atoms with E-state index in [-0.39, 0.29) is 11.9 Å². The monoisotopic (exact) mass is 266 g/mol. The van der Waals surface area contributed by atoms with E-state index in [4.69, 9.17) is 0 Å². The van der Waals surface area contributed by atoms with E-state index in [2.05, 4.69) is 28.8 Å². The van der Waals surface area contributed by atoms with Crippen molar-refractivity contribution in [1.29, 1.82) is 0 Å². The summed E-state index contributed by atoms with van der Waals surface area (Å²) in [5.41, 5.74) is 3.12. The van der Waals surface area contributed by atoms with Crippen molar-refractivity contribution in [3.05, 3.63) is 54.6 Å². The fraction of sp³-hybridized carbons (Fsp3) is 0.235. The molecule has 0 aromatic heterocycles. The quantitative estimate of drug-likeness (QED) is 0.896. The minimum atomic E-state index is -0.0459. The van der Waals surface area contributed by atoms with Gasteiger partial charge in [0.25, 0.3) is 0 Å². The highest BCUT2D eigenvalue weighted by molar-refractivity contribution is 5.95. The van der Waals surface area contributed by atoms with Gasteiger partial charge >= 0.3 is 0 Å². The molecule has 2 aromatic rings. The van der Waals surface area contributed by atoms with Crippen molar-refractivity contribution in [3.8, 4) is 11.1 Å². The van der Waals surface area contributed by atoms with Crippen LogP contribution >= 0.6 is 0 Å². The van der Waals surface area contributed by atoms with Crippen molar-refractivity contribution in [2.75, 3.05) is 11.9 Å². The van der Waals surface area contributed by atoms with Gasteiger partial charge in [-0.05, 0) is 42.6 Å². The lowest BCUT2D eigenvalue weighted by atomic mass is 10.1. The number of hydrogen-bond acceptors (Lipinski definition) is 2. The number of carbonyl (C=O) groups excluding carboxylic acids is 1. The molecule has 3 heteroatoms. The molecule has 0 aliphatic carbocycles. The zero-order chi connectivity index (χ0) is 13.8. The molecule has 0 bridgehead atoms. The molecule has 3 nitrogen and oxygen atoms in total. The van der Waals surface area contributed by atoms with Crippen LogP contribution in [-0.2, 0) is 4.79 Å². The van der Waals surface area contributed by atoms with Gasteiger partial charge < -0.3 is 10.6 Å². The molecular weight excluding hydrogens is 248 g/mol. The van der Waals surface area contributed by atoms with Gasteiger partial charge in [-0.25, -0.2) is 0 Å². The van der Waals surface area contributed by atoms with Crippen LogP contribution in [0.2, 0.25) is 0 Å². The van der Waals surface area contributed by atoms with E-state index in [0.29, 0.717) is 0 Å². The molecule has 1 fully saturated rings. The highest BCUT2D eigenvalue weighted by Crippen LogP contribution is 2.22. The van der Waals surface area contributed by atoms with Crippen molar-refractivity contribution in [1.82, 2.24) is 5.32 Å². The molecule has 1 atom stereocenters. The third-order valence-corrected chi connectivity index (χ3v) is 3.61. The van der Waals surface area contributed by atoms with Crippen molar-refractivity contribution < 1.29 is 4.79 Å². The van der Waals surface area contributed by atoms with E-state index in [1.165, 1.54) is 0 Å². The third-order valence-electron chi connectivity index (χ3n) is 3.61. The molecule has 0 spiro atoms. The normalized spacial score (nSPS) is 17.9. The van der Waals surface area contributed by atoms with E-state index < -0.39 is 0 Å². The Kier molecular flexibility index (Phi) is 3.79. The van der Waals surface area contributed by atoms with Crippen molar-refractivity contribution in [2.24, 2.45) is 0 Å². The predicted molar refractivity (Wildman–Crippen MR) is 81.5 cm³/mol. The second-order valence-corrected chi connectivity index (χ2v) is 5.09. The van der Waals surface area contributed by atoms with Crippen LogP contribution in [0.3, 0.4) is 0 Å². The Morgan fingerprint density at radius 3 is 2.60 bits per heavy atom. The summed E-state index contributed by atoms with van der Waals surface area (Å²) in [4.78, 5) is 12.1. The van der Waals surface area contributed by atoms with Crippen LogP contribution in [0.25, 0.3) is 11.1 Å². The molecule has 1 saturated heterocycles. The highest BCUT2D eigenvalue weighted by atomic mass is 16.2. The topological polar surface area (TPSA) is 41.1 Å². The fourth-order valence-electron chi connectivity index (χ4n) is 2.54. The number of carbonyl (C=O) groups is 1. The molecule has 2 N–H and O–H groups in total. The number of rotatable bonds is 3. The lowest BCUT2D eigenvalue weighted by Crippen LogP contribution is -2.35. The predicted octanol–water partition coefficient (Wildman–Crippen LogP) is 3.04. The Morgan fingerprint density at radius 2 is 1.85 bits per heavy atom. The Balaban J connectivity index is 1.76. The molecule has 102 valence electrons. The highest BCUT2D eigenvalue weighted by Gasteiger charge is 2.21. The lowest BCUT2D eigenvalue weighted by molar-refractivity contribution is -0.117. The van der Waals surface area contributed by atoms with E-state index in [1.807, 2.05) is 36.4 Å². The van der Waals surface area contributed by atoms with Gasteiger partial charge in [0, 0.05) is 5.69 Å². The van der Waals surface area contributed by atoms with Gasteiger partial charge in [0.1, 0.15) is 0 Å². The maximum atomic E-state index is 12.1. The summed E-state index contributed by atoms with van der Waals surface area (Å²) in [5, 5.41) is 6.20. The summed E-state index contributed by atoms with van der Waals surface area (Å²) >= 11 is 0. The number of benzene rings is 2. The Morgan fingerprint density at radius 1 is 1.05 bits per heavy atom. The Hall–Kier alpha value is -2.13. The molecule has 1 amide bonds. The first kappa shape index (κ1) is 12.9. The minimum Gasteiger partial charge on any atom is -0.325 e. The van der Waals surface area contributed by atoms with Crippen LogP contribution in [0, 0.1) is 0 Å². The zero-order valence-corrected chi connectivity index (χ0v) is 11.3. The summed E-state index contributed by atoms with van der Waals surface area (Å²) in [6.07, 6.45) is 1.99. The molecule has 0 saturated carbocycles. The van der Waals surface area contributed by atoms with Crippen molar-refractivity contribution in [2.45, 2.75) is 18.9 Å². The van der Waals surface area contributed by atoms with E-state index in [9.17, 15) is 4.79 Å². The number of nitrogens with one attached hydrogen (secondary N) is 2. The minimum absolute atomic E-state index is 0.0459. The zero-order valence-electron chi connectivity index (χ0n) is 11.3. The first-order chi connectivity index (χ1) is 9.83. The summed E-state index contributed by atoms with van der Waals surface area (Å²) in [5.74, 6) is 0.0627. The molecule has 1 heterocycles. The smallest absolute Gasteiger partial charge is 0.241 e. The Bertz CT molecular complexity index is 589. The van der Waals surface area contributed by atoms with Crippen LogP contribution in [0.5, 0.6) is 0 Å². The van der Waals surface area contributed by atoms with Gasteiger partial charge in [0.15, 0.2) is 0 Å². The average molecular weight is 266 g/mol. The number of hydrogen-bond donors (Lipinski definition) is 2. The standard InChI is InChI=1S/C17H18N2O/c20-17(16-10-5-11-18-16)19-15-9-4-8-14(12-15)13-6-2-1-3-7-13/h1-4,6-9,12,16,18H,5,10-11H2,(H,19,20). The molecule has 3 rings (SSSR count). The van der Waals surface area contributed by atoms with E-state index in [0.717, 1.165) is 36.2 Å². The maximum absolute atomic E-state index is 12.1. The third kappa shape index (κ3) is 2.89. The average Bonchev–Trinajstić information content (AvgIpc) is 3.03. The van der Waals surface area contributed by atoms with E-state index >= 15 is 0 Å². The van der Waals surface area contributed by atoms with Crippen molar-refractivity contribution >= 4 is 11.6 Å². The molecule has 1 aliphatic heterocycles. The van der Waals surface area contributed by atoms with Crippen molar-refractivity contribution in [3.63, 3.8) is 0 Å². The number of anilines is 1. The van der Waals surface area contributed by atoms with Gasteiger partial charge in [0.05, 0.1) is 6.04 Å². The van der Waals surface area contributed by atoms with E-state index in [1.54, 1.807) is 0 Å². The summed E-state index contributed by atoms with van der Waals surface area (Å²) in [6, 6.07) is 18.1. The SMILES string of the molecule is O=C(Nc1cccc(-c2ccccc2)c1)C1CCCN1. The van der Waals surface area contributed by atoms with Crippen LogP contribution in [0.15, 0.2) is 54.6 Å². The Labute approximate surface area is 119 Å². The van der Waals surface area contributed by atoms with Gasteiger partial charge in [0.2, 0.25) is 5.91 Å². The second-order valence-electron chi connectivity index (χ2n) is 5.09. The second kappa shape index (κ2) is 5.88. The molecular formula is C17H18N2O. The number of amides is 1. The summed E-state index contributed by atoms with van der Waals surface area (Å²) < 4.78 is 0. The first-order valence-electron chi connectivity index (χ1n) is 7.03. The maximum Gasteiger partial charge on any atom is 0.241 e. The molecule has 1 aliphatic rings. The van der Waals surface area contributed by atoms with Gasteiger partial charge in [-0.3, -0.25) is 4.79 Å². The largest absolute Gasteiger partial charge is 0.325 e. The van der Waals surface area contributed by atoms with Crippen LogP contribution in [-0.4, -0.2) is 18.5 Å².